The van der Waals surface area contributed by atoms with Crippen molar-refractivity contribution in [2.45, 2.75) is 25.6 Å². The van der Waals surface area contributed by atoms with Gasteiger partial charge in [0.2, 0.25) is 5.91 Å². The van der Waals surface area contributed by atoms with Gasteiger partial charge < -0.3 is 25.4 Å². The van der Waals surface area contributed by atoms with Crippen LogP contribution >= 0.6 is 0 Å². The standard InChI is InChI=1S/C14H19NO6/c1-8(17)15-6-5-11(18)13(19)9-3-4-12(21-2)14(20)10(9)7-16/h3-4,7,11,13,18-20H,5-6H2,1-2H3,(H,15,17). The number of aliphatic hydroxyl groups excluding tert-OH is 2. The molecule has 0 radical (unpaired) electrons. The summed E-state index contributed by atoms with van der Waals surface area (Å²) >= 11 is 0. The zero-order chi connectivity index (χ0) is 16.0. The van der Waals surface area contributed by atoms with Crippen LogP contribution in [-0.4, -0.2) is 47.3 Å². The number of carbonyl (C=O) groups is 2. The number of hydrogen-bond donors (Lipinski definition) is 4. The first kappa shape index (κ1) is 16.9. The molecule has 0 saturated heterocycles. The van der Waals surface area contributed by atoms with Gasteiger partial charge in [0.25, 0.3) is 0 Å². The van der Waals surface area contributed by atoms with Crippen LogP contribution in [0, 0.1) is 0 Å². The van der Waals surface area contributed by atoms with Crippen LogP contribution in [0.1, 0.15) is 35.4 Å². The maximum absolute atomic E-state index is 11.1. The maximum atomic E-state index is 11.1. The van der Waals surface area contributed by atoms with E-state index in [1.165, 1.54) is 26.2 Å². The van der Waals surface area contributed by atoms with Crippen molar-refractivity contribution in [3.8, 4) is 11.5 Å². The van der Waals surface area contributed by atoms with E-state index >= 15 is 0 Å². The van der Waals surface area contributed by atoms with E-state index in [1.807, 2.05) is 0 Å². The number of nitrogens with one attached hydrogen (secondary N) is 1. The average Bonchev–Trinajstić information content (AvgIpc) is 2.45. The Morgan fingerprint density at radius 3 is 2.62 bits per heavy atom. The van der Waals surface area contributed by atoms with Gasteiger partial charge in [-0.15, -0.1) is 0 Å². The highest BCUT2D eigenvalue weighted by Crippen LogP contribution is 2.34. The minimum atomic E-state index is -1.37. The molecule has 4 N–H and O–H groups in total. The van der Waals surface area contributed by atoms with Crippen LogP contribution in [0.2, 0.25) is 0 Å². The van der Waals surface area contributed by atoms with E-state index in [2.05, 4.69) is 5.32 Å². The zero-order valence-corrected chi connectivity index (χ0v) is 11.9. The lowest BCUT2D eigenvalue weighted by molar-refractivity contribution is -0.119. The van der Waals surface area contributed by atoms with Crippen LogP contribution in [0.15, 0.2) is 12.1 Å². The van der Waals surface area contributed by atoms with Crippen molar-refractivity contribution in [3.63, 3.8) is 0 Å². The van der Waals surface area contributed by atoms with Crippen LogP contribution in [-0.2, 0) is 4.79 Å². The third kappa shape index (κ3) is 4.17. The van der Waals surface area contributed by atoms with E-state index in [1.54, 1.807) is 0 Å². The number of methoxy groups -OCH3 is 1. The molecule has 0 aliphatic carbocycles. The summed E-state index contributed by atoms with van der Waals surface area (Å²) in [6.07, 6.45) is -2.07. The van der Waals surface area contributed by atoms with Crippen molar-refractivity contribution in [1.82, 2.24) is 5.32 Å². The summed E-state index contributed by atoms with van der Waals surface area (Å²) in [6, 6.07) is 2.79. The topological polar surface area (TPSA) is 116 Å². The molecule has 1 aromatic rings. The third-order valence-corrected chi connectivity index (χ3v) is 3.05. The van der Waals surface area contributed by atoms with Gasteiger partial charge in [-0.1, -0.05) is 6.07 Å². The number of aliphatic hydroxyl groups is 2. The predicted molar refractivity (Wildman–Crippen MR) is 74.3 cm³/mol. The van der Waals surface area contributed by atoms with Crippen LogP contribution in [0.3, 0.4) is 0 Å². The fourth-order valence-corrected chi connectivity index (χ4v) is 1.91. The van der Waals surface area contributed by atoms with E-state index in [4.69, 9.17) is 4.74 Å². The van der Waals surface area contributed by atoms with Crippen molar-refractivity contribution in [3.05, 3.63) is 23.3 Å². The number of phenols is 1. The van der Waals surface area contributed by atoms with E-state index in [-0.39, 0.29) is 35.7 Å². The highest BCUT2D eigenvalue weighted by Gasteiger charge is 2.24. The molecule has 0 fully saturated rings. The van der Waals surface area contributed by atoms with Gasteiger partial charge in [-0.3, -0.25) is 9.59 Å². The molecule has 7 nitrogen and oxygen atoms in total. The highest BCUT2D eigenvalue weighted by molar-refractivity contribution is 5.83. The fourth-order valence-electron chi connectivity index (χ4n) is 1.91. The van der Waals surface area contributed by atoms with E-state index in [0.717, 1.165) is 0 Å². The van der Waals surface area contributed by atoms with Gasteiger partial charge in [0, 0.05) is 13.5 Å². The lowest BCUT2D eigenvalue weighted by atomic mass is 9.96. The zero-order valence-electron chi connectivity index (χ0n) is 11.9. The van der Waals surface area contributed by atoms with E-state index < -0.39 is 18.0 Å². The van der Waals surface area contributed by atoms with Gasteiger partial charge in [0.1, 0.15) is 6.10 Å². The lowest BCUT2D eigenvalue weighted by Crippen LogP contribution is -2.28. The SMILES string of the molecule is COc1ccc(C(O)C(O)CCNC(C)=O)c(C=O)c1O. The van der Waals surface area contributed by atoms with Gasteiger partial charge in [-0.05, 0) is 18.1 Å². The van der Waals surface area contributed by atoms with Crippen LogP contribution in [0.5, 0.6) is 11.5 Å². The Bertz CT molecular complexity index is 516. The Morgan fingerprint density at radius 2 is 2.10 bits per heavy atom. The monoisotopic (exact) mass is 297 g/mol. The smallest absolute Gasteiger partial charge is 0.216 e. The molecule has 1 amide bonds. The van der Waals surface area contributed by atoms with Gasteiger partial charge in [-0.2, -0.15) is 0 Å². The first-order valence-corrected chi connectivity index (χ1v) is 6.38. The molecule has 2 atom stereocenters. The van der Waals surface area contributed by atoms with Crippen molar-refractivity contribution in [1.29, 1.82) is 0 Å². The summed E-state index contributed by atoms with van der Waals surface area (Å²) in [6.45, 7) is 1.53. The number of phenolic OH excluding ortho intramolecular Hbond substituents is 1. The molecule has 0 aromatic heterocycles. The van der Waals surface area contributed by atoms with E-state index in [9.17, 15) is 24.9 Å². The number of aromatic hydroxyl groups is 1. The summed E-state index contributed by atoms with van der Waals surface area (Å²) in [7, 11) is 1.34. The Labute approximate surface area is 122 Å². The Kier molecular flexibility index (Phi) is 6.13. The number of rotatable bonds is 7. The van der Waals surface area contributed by atoms with Gasteiger partial charge in [0.05, 0.1) is 18.8 Å². The number of carbonyl (C=O) groups excluding carboxylic acids is 2. The summed E-state index contributed by atoms with van der Waals surface area (Å²) in [5, 5.41) is 32.3. The van der Waals surface area contributed by atoms with Crippen molar-refractivity contribution in [2.75, 3.05) is 13.7 Å². The van der Waals surface area contributed by atoms with Crippen LogP contribution < -0.4 is 10.1 Å². The maximum Gasteiger partial charge on any atom is 0.216 e. The summed E-state index contributed by atoms with van der Waals surface area (Å²) in [4.78, 5) is 21.8. The first-order valence-electron chi connectivity index (χ1n) is 6.38. The van der Waals surface area contributed by atoms with Gasteiger partial charge >= 0.3 is 0 Å². The van der Waals surface area contributed by atoms with Crippen molar-refractivity contribution in [2.24, 2.45) is 0 Å². The van der Waals surface area contributed by atoms with Crippen LogP contribution in [0.25, 0.3) is 0 Å². The molecule has 0 saturated carbocycles. The largest absolute Gasteiger partial charge is 0.504 e. The predicted octanol–water partition coefficient (Wildman–Crippen LogP) is 0.134. The van der Waals surface area contributed by atoms with Crippen LogP contribution in [0.4, 0.5) is 0 Å². The Hall–Kier alpha value is -2.12. The third-order valence-electron chi connectivity index (χ3n) is 3.05. The Morgan fingerprint density at radius 1 is 1.43 bits per heavy atom. The second-order valence-electron chi connectivity index (χ2n) is 4.52. The van der Waals surface area contributed by atoms with Gasteiger partial charge in [0.15, 0.2) is 17.8 Å². The Balaban J connectivity index is 2.91. The van der Waals surface area contributed by atoms with Crippen molar-refractivity contribution >= 4 is 12.2 Å². The summed E-state index contributed by atoms with van der Waals surface area (Å²) in [5.41, 5.74) is -0.0425. The summed E-state index contributed by atoms with van der Waals surface area (Å²) < 4.78 is 4.87. The highest BCUT2D eigenvalue weighted by atomic mass is 16.5. The molecule has 0 bridgehead atoms. The number of amides is 1. The summed E-state index contributed by atoms with van der Waals surface area (Å²) in [5.74, 6) is -0.536. The minimum Gasteiger partial charge on any atom is -0.504 e. The second-order valence-corrected chi connectivity index (χ2v) is 4.52. The molecule has 0 heterocycles. The normalized spacial score (nSPS) is 13.3. The molecular weight excluding hydrogens is 278 g/mol. The molecule has 0 aliphatic rings. The van der Waals surface area contributed by atoms with Crippen molar-refractivity contribution < 1.29 is 29.6 Å². The lowest BCUT2D eigenvalue weighted by Gasteiger charge is -2.20. The average molecular weight is 297 g/mol. The number of aldehydes is 1. The number of hydrogen-bond acceptors (Lipinski definition) is 6. The second kappa shape index (κ2) is 7.61. The quantitative estimate of drug-likeness (QED) is 0.532. The fraction of sp³-hybridized carbons (Fsp3) is 0.429. The van der Waals surface area contributed by atoms with E-state index in [0.29, 0.717) is 6.29 Å². The molecule has 2 unspecified atom stereocenters. The molecule has 0 spiro atoms. The molecular formula is C14H19NO6. The molecule has 21 heavy (non-hydrogen) atoms. The minimum absolute atomic E-state index is 0.0959. The number of ether oxygens (including phenoxy) is 1. The molecule has 1 aromatic carbocycles. The molecule has 1 rings (SSSR count). The molecule has 116 valence electrons. The van der Waals surface area contributed by atoms with Gasteiger partial charge in [-0.25, -0.2) is 0 Å². The molecule has 0 aliphatic heterocycles. The molecule has 7 heteroatoms. The first-order chi connectivity index (χ1) is 9.92. The number of benzene rings is 1.